The fraction of sp³-hybridized carbons (Fsp3) is 1.00. The molecule has 0 amide bonds. The van der Waals surface area contributed by atoms with Crippen LogP contribution in [0, 0.1) is 5.92 Å². The molecule has 3 heteroatoms. The molecule has 13 heavy (non-hydrogen) atoms. The van der Waals surface area contributed by atoms with Crippen LogP contribution in [0.4, 0.5) is 0 Å². The van der Waals surface area contributed by atoms with E-state index in [4.69, 9.17) is 4.74 Å². The van der Waals surface area contributed by atoms with E-state index in [1.807, 2.05) is 0 Å². The molecule has 2 unspecified atom stereocenters. The minimum absolute atomic E-state index is 0.0422. The van der Waals surface area contributed by atoms with Crippen molar-refractivity contribution in [1.82, 2.24) is 5.32 Å². The van der Waals surface area contributed by atoms with Gasteiger partial charge in [0.25, 0.3) is 0 Å². The van der Waals surface area contributed by atoms with Crippen molar-refractivity contribution in [2.75, 3.05) is 19.7 Å². The van der Waals surface area contributed by atoms with Gasteiger partial charge in [-0.25, -0.2) is 0 Å². The second-order valence-electron chi connectivity index (χ2n) is 4.25. The van der Waals surface area contributed by atoms with Gasteiger partial charge in [-0.2, -0.15) is 0 Å². The van der Waals surface area contributed by atoms with Crippen LogP contribution in [-0.2, 0) is 4.74 Å². The summed E-state index contributed by atoms with van der Waals surface area (Å²) in [6.07, 6.45) is 5.10. The molecular formula is C10H19NO2. The first kappa shape index (κ1) is 9.44. The maximum atomic E-state index is 9.48. The van der Waals surface area contributed by atoms with Crippen molar-refractivity contribution in [1.29, 1.82) is 0 Å². The molecule has 2 aliphatic rings. The topological polar surface area (TPSA) is 41.5 Å². The predicted molar refractivity (Wildman–Crippen MR) is 50.6 cm³/mol. The lowest BCUT2D eigenvalue weighted by Gasteiger charge is -2.17. The van der Waals surface area contributed by atoms with E-state index in [0.717, 1.165) is 19.1 Å². The van der Waals surface area contributed by atoms with Gasteiger partial charge in [0.1, 0.15) is 0 Å². The number of aliphatic hydroxyl groups is 1. The van der Waals surface area contributed by atoms with Crippen LogP contribution < -0.4 is 5.32 Å². The summed E-state index contributed by atoms with van der Waals surface area (Å²) in [6.45, 7) is 2.35. The largest absolute Gasteiger partial charge is 0.389 e. The smallest absolute Gasteiger partial charge is 0.0970 e. The summed E-state index contributed by atoms with van der Waals surface area (Å²) in [4.78, 5) is 0. The number of ether oxygens (including phenoxy) is 1. The fourth-order valence-electron chi connectivity index (χ4n) is 2.25. The highest BCUT2D eigenvalue weighted by Gasteiger charge is 2.26. The van der Waals surface area contributed by atoms with Crippen molar-refractivity contribution in [3.63, 3.8) is 0 Å². The van der Waals surface area contributed by atoms with Gasteiger partial charge in [0.2, 0.25) is 0 Å². The summed E-state index contributed by atoms with van der Waals surface area (Å²) in [5.41, 5.74) is 0. The first-order valence-electron chi connectivity index (χ1n) is 5.36. The Morgan fingerprint density at radius 3 is 2.62 bits per heavy atom. The third kappa shape index (κ3) is 2.42. The SMILES string of the molecule is OC1CNCC1OCC1CCCC1. The Bertz CT molecular complexity index is 157. The monoisotopic (exact) mass is 185 g/mol. The zero-order valence-corrected chi connectivity index (χ0v) is 8.04. The van der Waals surface area contributed by atoms with Crippen LogP contribution in [0.3, 0.4) is 0 Å². The van der Waals surface area contributed by atoms with Gasteiger partial charge in [0.05, 0.1) is 12.2 Å². The zero-order chi connectivity index (χ0) is 9.10. The van der Waals surface area contributed by atoms with Gasteiger partial charge in [0.15, 0.2) is 0 Å². The average molecular weight is 185 g/mol. The van der Waals surface area contributed by atoms with Crippen LogP contribution in [0.25, 0.3) is 0 Å². The Hall–Kier alpha value is -0.120. The molecule has 2 atom stereocenters. The summed E-state index contributed by atoms with van der Waals surface area (Å²) in [5.74, 6) is 0.757. The first-order valence-corrected chi connectivity index (χ1v) is 5.36. The molecule has 2 N–H and O–H groups in total. The van der Waals surface area contributed by atoms with Crippen molar-refractivity contribution < 1.29 is 9.84 Å². The van der Waals surface area contributed by atoms with Gasteiger partial charge in [-0.15, -0.1) is 0 Å². The van der Waals surface area contributed by atoms with Gasteiger partial charge in [-0.05, 0) is 18.8 Å². The number of β-amino-alcohol motifs (C(OH)–C–C–N with tert-alkyl or cyclic N) is 1. The van der Waals surface area contributed by atoms with E-state index in [1.54, 1.807) is 0 Å². The summed E-state index contributed by atoms with van der Waals surface area (Å²) in [5, 5.41) is 12.6. The molecule has 0 spiro atoms. The van der Waals surface area contributed by atoms with Gasteiger partial charge < -0.3 is 15.2 Å². The lowest BCUT2D eigenvalue weighted by atomic mass is 10.1. The molecule has 2 rings (SSSR count). The summed E-state index contributed by atoms with van der Waals surface area (Å²) in [7, 11) is 0. The van der Waals surface area contributed by atoms with E-state index < -0.39 is 0 Å². The Balaban J connectivity index is 1.66. The highest BCUT2D eigenvalue weighted by Crippen LogP contribution is 2.25. The third-order valence-corrected chi connectivity index (χ3v) is 3.15. The quantitative estimate of drug-likeness (QED) is 0.674. The lowest BCUT2D eigenvalue weighted by molar-refractivity contribution is -0.0216. The van der Waals surface area contributed by atoms with E-state index in [1.165, 1.54) is 25.7 Å². The normalized spacial score (nSPS) is 35.8. The minimum atomic E-state index is -0.290. The molecule has 1 heterocycles. The molecular weight excluding hydrogens is 166 g/mol. The van der Waals surface area contributed by atoms with Crippen LogP contribution >= 0.6 is 0 Å². The lowest BCUT2D eigenvalue weighted by Crippen LogP contribution is -2.28. The van der Waals surface area contributed by atoms with Crippen LogP contribution in [0.5, 0.6) is 0 Å². The molecule has 1 saturated heterocycles. The molecule has 1 saturated carbocycles. The maximum Gasteiger partial charge on any atom is 0.0970 e. The van der Waals surface area contributed by atoms with Crippen molar-refractivity contribution in [3.05, 3.63) is 0 Å². The van der Waals surface area contributed by atoms with Crippen LogP contribution in [0.2, 0.25) is 0 Å². The van der Waals surface area contributed by atoms with E-state index in [9.17, 15) is 5.11 Å². The third-order valence-electron chi connectivity index (χ3n) is 3.15. The standard InChI is InChI=1S/C10H19NO2/c12-9-5-11-6-10(9)13-7-8-3-1-2-4-8/h8-12H,1-7H2. The van der Waals surface area contributed by atoms with Gasteiger partial charge in [-0.3, -0.25) is 0 Å². The summed E-state index contributed by atoms with van der Waals surface area (Å²) < 4.78 is 5.69. The number of rotatable bonds is 3. The van der Waals surface area contributed by atoms with Gasteiger partial charge in [-0.1, -0.05) is 12.8 Å². The Morgan fingerprint density at radius 2 is 2.00 bits per heavy atom. The second-order valence-corrected chi connectivity index (χ2v) is 4.25. The summed E-state index contributed by atoms with van der Waals surface area (Å²) in [6, 6.07) is 0. The molecule has 76 valence electrons. The number of aliphatic hydroxyl groups excluding tert-OH is 1. The molecule has 2 fully saturated rings. The predicted octanol–water partition coefficient (Wildman–Crippen LogP) is 0.526. The molecule has 3 nitrogen and oxygen atoms in total. The number of hydrogen-bond acceptors (Lipinski definition) is 3. The Labute approximate surface area is 79.5 Å². The van der Waals surface area contributed by atoms with E-state index in [2.05, 4.69) is 5.32 Å². The van der Waals surface area contributed by atoms with E-state index >= 15 is 0 Å². The van der Waals surface area contributed by atoms with Crippen molar-refractivity contribution >= 4 is 0 Å². The molecule has 0 radical (unpaired) electrons. The molecule has 0 aromatic carbocycles. The van der Waals surface area contributed by atoms with Gasteiger partial charge >= 0.3 is 0 Å². The van der Waals surface area contributed by atoms with Crippen LogP contribution in [0.15, 0.2) is 0 Å². The first-order chi connectivity index (χ1) is 6.36. The Morgan fingerprint density at radius 1 is 1.23 bits per heavy atom. The molecule has 0 aromatic rings. The molecule has 1 aliphatic heterocycles. The zero-order valence-electron chi connectivity index (χ0n) is 8.04. The van der Waals surface area contributed by atoms with E-state index in [-0.39, 0.29) is 12.2 Å². The summed E-state index contributed by atoms with van der Waals surface area (Å²) >= 11 is 0. The van der Waals surface area contributed by atoms with Gasteiger partial charge in [0, 0.05) is 19.7 Å². The molecule has 0 bridgehead atoms. The minimum Gasteiger partial charge on any atom is -0.389 e. The van der Waals surface area contributed by atoms with Crippen LogP contribution in [-0.4, -0.2) is 37.0 Å². The molecule has 0 aromatic heterocycles. The number of hydrogen-bond donors (Lipinski definition) is 2. The maximum absolute atomic E-state index is 9.48. The fourth-order valence-corrected chi connectivity index (χ4v) is 2.25. The highest BCUT2D eigenvalue weighted by molar-refractivity contribution is 4.81. The van der Waals surface area contributed by atoms with Crippen LogP contribution in [0.1, 0.15) is 25.7 Å². The van der Waals surface area contributed by atoms with Crippen molar-refractivity contribution in [2.24, 2.45) is 5.92 Å². The second kappa shape index (κ2) is 4.40. The van der Waals surface area contributed by atoms with E-state index in [0.29, 0.717) is 6.54 Å². The highest BCUT2D eigenvalue weighted by atomic mass is 16.5. The van der Waals surface area contributed by atoms with Crippen molar-refractivity contribution in [2.45, 2.75) is 37.9 Å². The molecule has 1 aliphatic carbocycles. The number of nitrogens with one attached hydrogen (secondary N) is 1. The average Bonchev–Trinajstić information content (AvgIpc) is 2.72. The van der Waals surface area contributed by atoms with Crippen molar-refractivity contribution in [3.8, 4) is 0 Å². The Kier molecular flexibility index (Phi) is 3.19.